The van der Waals surface area contributed by atoms with Gasteiger partial charge in [0.2, 0.25) is 0 Å². The quantitative estimate of drug-likeness (QED) is 0.805. The molecule has 0 unspecified atom stereocenters. The molecule has 1 amide bonds. The number of hydrogen-bond donors (Lipinski definition) is 0. The zero-order valence-corrected chi connectivity index (χ0v) is 15.6. The molecule has 126 valence electrons. The molecule has 23 heavy (non-hydrogen) atoms. The van der Waals surface area contributed by atoms with E-state index in [-0.39, 0.29) is 23.0 Å². The van der Waals surface area contributed by atoms with Crippen LogP contribution in [0, 0.1) is 0 Å². The molecule has 0 radical (unpaired) electrons. The van der Waals surface area contributed by atoms with Crippen molar-refractivity contribution in [2.24, 2.45) is 0 Å². The number of carbonyl (C=O) groups excluding carboxylic acids is 1. The van der Waals surface area contributed by atoms with E-state index < -0.39 is 7.12 Å². The van der Waals surface area contributed by atoms with Crippen LogP contribution in [-0.2, 0) is 9.31 Å². The van der Waals surface area contributed by atoms with Crippen molar-refractivity contribution in [3.8, 4) is 0 Å². The summed E-state index contributed by atoms with van der Waals surface area (Å²) in [7, 11) is 3.14. The minimum absolute atomic E-state index is 0.0224. The third-order valence-electron chi connectivity index (χ3n) is 4.86. The van der Waals surface area contributed by atoms with E-state index in [9.17, 15) is 4.79 Å². The zero-order chi connectivity index (χ0) is 17.6. The summed E-state index contributed by atoms with van der Waals surface area (Å²) in [5.74, 6) is 0.269. The maximum absolute atomic E-state index is 12.4. The lowest BCUT2D eigenvalue weighted by molar-refractivity contribution is 0.00578. The normalized spacial score (nSPS) is 19.3. The monoisotopic (exact) mass is 317 g/mol. The number of nitrogens with zero attached hydrogens (tertiary/aromatic N) is 1. The molecule has 0 aromatic heterocycles. The van der Waals surface area contributed by atoms with E-state index in [2.05, 4.69) is 13.8 Å². The van der Waals surface area contributed by atoms with Crippen molar-refractivity contribution in [1.82, 2.24) is 4.90 Å². The standard InChI is InChI=1S/C18H28BNO3/c1-12(2)15-11-13(9-10-14(15)16(21)20(7)8)19-22-17(3,4)18(5,6)23-19/h9-12H,1-8H3. The summed E-state index contributed by atoms with van der Waals surface area (Å²) < 4.78 is 12.2. The summed E-state index contributed by atoms with van der Waals surface area (Å²) in [4.78, 5) is 14.0. The molecule has 5 heteroatoms. The van der Waals surface area contributed by atoms with Crippen LogP contribution in [0.25, 0.3) is 0 Å². The molecule has 0 spiro atoms. The first-order chi connectivity index (χ1) is 10.5. The summed E-state index contributed by atoms with van der Waals surface area (Å²) in [6.45, 7) is 12.4. The van der Waals surface area contributed by atoms with Crippen molar-refractivity contribution < 1.29 is 14.1 Å². The van der Waals surface area contributed by atoms with E-state index in [4.69, 9.17) is 9.31 Å². The fourth-order valence-electron chi connectivity index (χ4n) is 2.62. The Labute approximate surface area is 140 Å². The summed E-state index contributed by atoms with van der Waals surface area (Å²) in [5, 5.41) is 0. The van der Waals surface area contributed by atoms with E-state index in [0.717, 1.165) is 16.6 Å². The lowest BCUT2D eigenvalue weighted by Gasteiger charge is -2.32. The van der Waals surface area contributed by atoms with Crippen molar-refractivity contribution >= 4 is 18.5 Å². The highest BCUT2D eigenvalue weighted by molar-refractivity contribution is 6.62. The molecule has 2 rings (SSSR count). The van der Waals surface area contributed by atoms with Crippen LogP contribution in [0.15, 0.2) is 18.2 Å². The van der Waals surface area contributed by atoms with Crippen LogP contribution >= 0.6 is 0 Å². The second-order valence-electron chi connectivity index (χ2n) is 7.79. The van der Waals surface area contributed by atoms with Gasteiger partial charge in [0.15, 0.2) is 0 Å². The molecule has 0 atom stereocenters. The van der Waals surface area contributed by atoms with E-state index in [1.807, 2.05) is 45.9 Å². The number of benzene rings is 1. The van der Waals surface area contributed by atoms with Gasteiger partial charge in [-0.3, -0.25) is 4.79 Å². The van der Waals surface area contributed by atoms with Crippen LogP contribution in [0.1, 0.15) is 63.4 Å². The van der Waals surface area contributed by atoms with E-state index in [1.54, 1.807) is 19.0 Å². The third-order valence-corrected chi connectivity index (χ3v) is 4.86. The summed E-state index contributed by atoms with van der Waals surface area (Å²) >= 11 is 0. The summed E-state index contributed by atoms with van der Waals surface area (Å²) in [6, 6.07) is 5.87. The van der Waals surface area contributed by atoms with Gasteiger partial charge in [-0.1, -0.05) is 26.0 Å². The number of hydrogen-bond acceptors (Lipinski definition) is 3. The van der Waals surface area contributed by atoms with Crippen molar-refractivity contribution in [2.75, 3.05) is 14.1 Å². The lowest BCUT2D eigenvalue weighted by atomic mass is 9.76. The molecule has 1 aliphatic rings. The third kappa shape index (κ3) is 3.31. The molecular formula is C18H28BNO3. The average Bonchev–Trinajstić information content (AvgIpc) is 2.65. The van der Waals surface area contributed by atoms with Gasteiger partial charge in [0, 0.05) is 19.7 Å². The zero-order valence-electron chi connectivity index (χ0n) is 15.6. The van der Waals surface area contributed by atoms with Crippen LogP contribution < -0.4 is 5.46 Å². The second-order valence-corrected chi connectivity index (χ2v) is 7.79. The first kappa shape index (κ1) is 18.0. The molecule has 0 saturated carbocycles. The predicted molar refractivity (Wildman–Crippen MR) is 94.3 cm³/mol. The van der Waals surface area contributed by atoms with Crippen LogP contribution in [0.2, 0.25) is 0 Å². The van der Waals surface area contributed by atoms with E-state index in [0.29, 0.717) is 0 Å². The Morgan fingerprint density at radius 2 is 1.61 bits per heavy atom. The smallest absolute Gasteiger partial charge is 0.399 e. The highest BCUT2D eigenvalue weighted by Gasteiger charge is 2.51. The average molecular weight is 317 g/mol. The maximum Gasteiger partial charge on any atom is 0.494 e. The molecule has 0 bridgehead atoms. The number of carbonyl (C=O) groups is 1. The highest BCUT2D eigenvalue weighted by Crippen LogP contribution is 2.36. The SMILES string of the molecule is CC(C)c1cc(B2OC(C)(C)C(C)(C)O2)ccc1C(=O)N(C)C. The Balaban J connectivity index is 2.40. The van der Waals surface area contributed by atoms with Gasteiger partial charge in [0.05, 0.1) is 11.2 Å². The summed E-state index contributed by atoms with van der Waals surface area (Å²) in [6.07, 6.45) is 0. The fourth-order valence-corrected chi connectivity index (χ4v) is 2.62. The van der Waals surface area contributed by atoms with Gasteiger partial charge in [0.25, 0.3) is 5.91 Å². The Hall–Kier alpha value is -1.33. The number of amides is 1. The Bertz CT molecular complexity index is 592. The first-order valence-electron chi connectivity index (χ1n) is 8.17. The molecule has 0 aliphatic carbocycles. The van der Waals surface area contributed by atoms with Crippen molar-refractivity contribution in [3.05, 3.63) is 29.3 Å². The van der Waals surface area contributed by atoms with Gasteiger partial charge < -0.3 is 14.2 Å². The van der Waals surface area contributed by atoms with Gasteiger partial charge in [-0.15, -0.1) is 0 Å². The molecule has 1 saturated heterocycles. The van der Waals surface area contributed by atoms with Crippen molar-refractivity contribution in [1.29, 1.82) is 0 Å². The van der Waals surface area contributed by atoms with Gasteiger partial charge in [-0.25, -0.2) is 0 Å². The van der Waals surface area contributed by atoms with Crippen molar-refractivity contribution in [3.63, 3.8) is 0 Å². The lowest BCUT2D eigenvalue weighted by Crippen LogP contribution is -2.41. The Morgan fingerprint density at radius 3 is 2.04 bits per heavy atom. The fraction of sp³-hybridized carbons (Fsp3) is 0.611. The minimum atomic E-state index is -0.402. The Kier molecular flexibility index (Phi) is 4.66. The highest BCUT2D eigenvalue weighted by atomic mass is 16.7. The molecule has 1 aromatic carbocycles. The van der Waals surface area contributed by atoms with E-state index >= 15 is 0 Å². The molecule has 1 heterocycles. The topological polar surface area (TPSA) is 38.8 Å². The molecule has 1 aromatic rings. The molecule has 1 aliphatic heterocycles. The van der Waals surface area contributed by atoms with E-state index in [1.165, 1.54) is 0 Å². The van der Waals surface area contributed by atoms with Crippen molar-refractivity contribution in [2.45, 2.75) is 58.7 Å². The Morgan fingerprint density at radius 1 is 1.09 bits per heavy atom. The maximum atomic E-state index is 12.4. The van der Waals surface area contributed by atoms with Crippen LogP contribution in [0.3, 0.4) is 0 Å². The molecular weight excluding hydrogens is 289 g/mol. The van der Waals surface area contributed by atoms with Gasteiger partial charge in [0.1, 0.15) is 0 Å². The predicted octanol–water partition coefficient (Wildman–Crippen LogP) is 2.81. The van der Waals surface area contributed by atoms with Gasteiger partial charge in [-0.05, 0) is 50.7 Å². The van der Waals surface area contributed by atoms with Gasteiger partial charge >= 0.3 is 7.12 Å². The van der Waals surface area contributed by atoms with Crippen LogP contribution in [0.5, 0.6) is 0 Å². The largest absolute Gasteiger partial charge is 0.494 e. The van der Waals surface area contributed by atoms with Gasteiger partial charge in [-0.2, -0.15) is 0 Å². The van der Waals surface area contributed by atoms with Crippen LogP contribution in [-0.4, -0.2) is 43.2 Å². The molecule has 4 nitrogen and oxygen atoms in total. The molecule has 0 N–H and O–H groups in total. The molecule has 1 fully saturated rings. The second kappa shape index (κ2) is 5.95. The number of rotatable bonds is 3. The van der Waals surface area contributed by atoms with Crippen LogP contribution in [0.4, 0.5) is 0 Å². The minimum Gasteiger partial charge on any atom is -0.399 e. The first-order valence-corrected chi connectivity index (χ1v) is 8.17. The summed E-state index contributed by atoms with van der Waals surface area (Å²) in [5.41, 5.74) is 1.99.